The van der Waals surface area contributed by atoms with E-state index in [4.69, 9.17) is 0 Å². The summed E-state index contributed by atoms with van der Waals surface area (Å²) in [4.78, 5) is 0. The predicted molar refractivity (Wildman–Crippen MR) is 67.0 cm³/mol. The first-order chi connectivity index (χ1) is 7.69. The second kappa shape index (κ2) is 6.41. The molecule has 0 atom stereocenters. The molecule has 0 saturated heterocycles. The average molecular weight is 222 g/mol. The third-order valence-electron chi connectivity index (χ3n) is 2.95. The molecule has 0 saturated carbocycles. The van der Waals surface area contributed by atoms with E-state index in [0.29, 0.717) is 5.56 Å². The fourth-order valence-electron chi connectivity index (χ4n) is 1.89. The van der Waals surface area contributed by atoms with Crippen molar-refractivity contribution in [2.45, 2.75) is 52.4 Å². The van der Waals surface area contributed by atoms with Gasteiger partial charge in [0.05, 0.1) is 0 Å². The maximum atomic E-state index is 9.80. The van der Waals surface area contributed by atoms with Crippen molar-refractivity contribution in [1.29, 1.82) is 0 Å². The summed E-state index contributed by atoms with van der Waals surface area (Å²) >= 11 is 0. The van der Waals surface area contributed by atoms with Crippen LogP contribution in [0.5, 0.6) is 11.5 Å². The van der Waals surface area contributed by atoms with E-state index in [2.05, 4.69) is 6.92 Å². The lowest BCUT2D eigenvalue weighted by atomic mass is 10.0. The fraction of sp³-hybridized carbons (Fsp3) is 0.571. The second-order valence-electron chi connectivity index (χ2n) is 4.28. The van der Waals surface area contributed by atoms with E-state index in [1.165, 1.54) is 12.8 Å². The van der Waals surface area contributed by atoms with E-state index < -0.39 is 0 Å². The first-order valence-electron chi connectivity index (χ1n) is 6.22. The Bertz CT molecular complexity index is 309. The van der Waals surface area contributed by atoms with Crippen molar-refractivity contribution in [3.8, 4) is 11.5 Å². The predicted octanol–water partition coefficient (Wildman–Crippen LogP) is 3.78. The van der Waals surface area contributed by atoms with Gasteiger partial charge in [-0.3, -0.25) is 0 Å². The van der Waals surface area contributed by atoms with Crippen LogP contribution < -0.4 is 0 Å². The zero-order valence-corrected chi connectivity index (χ0v) is 10.3. The van der Waals surface area contributed by atoms with Gasteiger partial charge in [0.2, 0.25) is 0 Å². The smallest absolute Gasteiger partial charge is 0.122 e. The highest BCUT2D eigenvalue weighted by molar-refractivity contribution is 5.46. The SMILES string of the molecule is CCCCCCc1c(O)cc(CC)cc1O. The molecule has 0 bridgehead atoms. The van der Waals surface area contributed by atoms with Crippen LogP contribution in [0.3, 0.4) is 0 Å². The maximum absolute atomic E-state index is 9.80. The number of hydrogen-bond donors (Lipinski definition) is 2. The van der Waals surface area contributed by atoms with Gasteiger partial charge in [-0.25, -0.2) is 0 Å². The highest BCUT2D eigenvalue weighted by atomic mass is 16.3. The molecule has 0 aromatic heterocycles. The quantitative estimate of drug-likeness (QED) is 0.719. The molecule has 2 heteroatoms. The molecule has 0 unspecified atom stereocenters. The summed E-state index contributed by atoms with van der Waals surface area (Å²) in [6.45, 7) is 4.18. The summed E-state index contributed by atoms with van der Waals surface area (Å²) in [5.74, 6) is 0.488. The van der Waals surface area contributed by atoms with Crippen molar-refractivity contribution in [3.05, 3.63) is 23.3 Å². The maximum Gasteiger partial charge on any atom is 0.122 e. The van der Waals surface area contributed by atoms with Crippen LogP contribution in [0, 0.1) is 0 Å². The molecule has 0 aliphatic rings. The molecule has 0 amide bonds. The number of aromatic hydroxyl groups is 2. The van der Waals surface area contributed by atoms with Crippen LogP contribution in [0.4, 0.5) is 0 Å². The Labute approximate surface area is 97.9 Å². The molecule has 1 rings (SSSR count). The lowest BCUT2D eigenvalue weighted by Gasteiger charge is -2.09. The van der Waals surface area contributed by atoms with E-state index in [1.54, 1.807) is 12.1 Å². The lowest BCUT2D eigenvalue weighted by molar-refractivity contribution is 0.434. The minimum absolute atomic E-state index is 0.244. The number of phenols is 2. The van der Waals surface area contributed by atoms with Crippen molar-refractivity contribution in [3.63, 3.8) is 0 Å². The monoisotopic (exact) mass is 222 g/mol. The molecule has 0 fully saturated rings. The van der Waals surface area contributed by atoms with Crippen LogP contribution in [0.15, 0.2) is 12.1 Å². The summed E-state index contributed by atoms with van der Waals surface area (Å²) in [6, 6.07) is 3.52. The van der Waals surface area contributed by atoms with Crippen molar-refractivity contribution in [1.82, 2.24) is 0 Å². The molecule has 0 spiro atoms. The fourth-order valence-corrected chi connectivity index (χ4v) is 1.89. The number of rotatable bonds is 6. The molecule has 2 N–H and O–H groups in total. The summed E-state index contributed by atoms with van der Waals surface area (Å²) in [5.41, 5.74) is 1.68. The normalized spacial score (nSPS) is 10.6. The van der Waals surface area contributed by atoms with Crippen molar-refractivity contribution in [2.75, 3.05) is 0 Å². The number of unbranched alkanes of at least 4 members (excludes halogenated alkanes) is 3. The lowest BCUT2D eigenvalue weighted by Crippen LogP contribution is -1.90. The first kappa shape index (κ1) is 12.9. The Balaban J connectivity index is 2.65. The van der Waals surface area contributed by atoms with Crippen LogP contribution in [-0.2, 0) is 12.8 Å². The molecule has 1 aromatic rings. The number of benzene rings is 1. The van der Waals surface area contributed by atoms with Crippen molar-refractivity contribution in [2.24, 2.45) is 0 Å². The zero-order valence-electron chi connectivity index (χ0n) is 10.3. The summed E-state index contributed by atoms with van der Waals surface area (Å²) < 4.78 is 0. The van der Waals surface area contributed by atoms with Crippen LogP contribution in [-0.4, -0.2) is 10.2 Å². The van der Waals surface area contributed by atoms with Crippen LogP contribution in [0.2, 0.25) is 0 Å². The molecule has 90 valence electrons. The van der Waals surface area contributed by atoms with Crippen molar-refractivity contribution >= 4 is 0 Å². The Morgan fingerprint density at radius 1 is 0.938 bits per heavy atom. The minimum Gasteiger partial charge on any atom is -0.508 e. The standard InChI is InChI=1S/C14H22O2/c1-3-5-6-7-8-12-13(15)9-11(4-2)10-14(12)16/h9-10,15-16H,3-8H2,1-2H3. The third kappa shape index (κ3) is 3.44. The van der Waals surface area contributed by atoms with Gasteiger partial charge in [0.25, 0.3) is 0 Å². The number of phenolic OH excluding ortho intramolecular Hbond substituents is 2. The molecule has 2 nitrogen and oxygen atoms in total. The minimum atomic E-state index is 0.244. The van der Waals surface area contributed by atoms with E-state index in [1.807, 2.05) is 6.92 Å². The molecular formula is C14H22O2. The second-order valence-corrected chi connectivity index (χ2v) is 4.28. The van der Waals surface area contributed by atoms with Gasteiger partial charge in [-0.05, 0) is 37.0 Å². The van der Waals surface area contributed by atoms with Gasteiger partial charge in [0, 0.05) is 5.56 Å². The number of aryl methyl sites for hydroxylation is 1. The van der Waals surface area contributed by atoms with Crippen LogP contribution >= 0.6 is 0 Å². The molecule has 16 heavy (non-hydrogen) atoms. The van der Waals surface area contributed by atoms with Crippen molar-refractivity contribution < 1.29 is 10.2 Å². The molecule has 1 aromatic carbocycles. The largest absolute Gasteiger partial charge is 0.508 e. The molecule has 0 aliphatic carbocycles. The van der Waals surface area contributed by atoms with Gasteiger partial charge in [-0.2, -0.15) is 0 Å². The topological polar surface area (TPSA) is 40.5 Å². The van der Waals surface area contributed by atoms with Gasteiger partial charge in [0.15, 0.2) is 0 Å². The van der Waals surface area contributed by atoms with Gasteiger partial charge >= 0.3 is 0 Å². The Hall–Kier alpha value is -1.18. The number of hydrogen-bond acceptors (Lipinski definition) is 2. The summed E-state index contributed by atoms with van der Waals surface area (Å²) in [6.07, 6.45) is 6.20. The van der Waals surface area contributed by atoms with E-state index in [-0.39, 0.29) is 11.5 Å². The highest BCUT2D eigenvalue weighted by Crippen LogP contribution is 2.30. The summed E-state index contributed by atoms with van der Waals surface area (Å²) in [7, 11) is 0. The third-order valence-corrected chi connectivity index (χ3v) is 2.95. The molecule has 0 radical (unpaired) electrons. The Morgan fingerprint density at radius 2 is 1.56 bits per heavy atom. The average Bonchev–Trinajstić information content (AvgIpc) is 2.26. The van der Waals surface area contributed by atoms with Gasteiger partial charge in [-0.15, -0.1) is 0 Å². The Kier molecular flexibility index (Phi) is 5.17. The van der Waals surface area contributed by atoms with E-state index in [0.717, 1.165) is 31.2 Å². The van der Waals surface area contributed by atoms with E-state index >= 15 is 0 Å². The molecule has 0 aliphatic heterocycles. The van der Waals surface area contributed by atoms with Crippen LogP contribution in [0.25, 0.3) is 0 Å². The molecule has 0 heterocycles. The summed E-state index contributed by atoms with van der Waals surface area (Å²) in [5, 5.41) is 19.6. The Morgan fingerprint density at radius 3 is 2.06 bits per heavy atom. The van der Waals surface area contributed by atoms with Gasteiger partial charge in [0.1, 0.15) is 11.5 Å². The van der Waals surface area contributed by atoms with Crippen LogP contribution in [0.1, 0.15) is 50.7 Å². The first-order valence-corrected chi connectivity index (χ1v) is 6.22. The molecular weight excluding hydrogens is 200 g/mol. The van der Waals surface area contributed by atoms with Gasteiger partial charge in [-0.1, -0.05) is 33.1 Å². The zero-order chi connectivity index (χ0) is 12.0. The van der Waals surface area contributed by atoms with E-state index in [9.17, 15) is 10.2 Å². The highest BCUT2D eigenvalue weighted by Gasteiger charge is 2.08. The van der Waals surface area contributed by atoms with Gasteiger partial charge < -0.3 is 10.2 Å².